The number of hydrogen-bond acceptors (Lipinski definition) is 5. The fraction of sp³-hybridized carbons (Fsp3) is 0.421. The lowest BCUT2D eigenvalue weighted by molar-refractivity contribution is 0.0141. The van der Waals surface area contributed by atoms with Crippen LogP contribution in [0.4, 0.5) is 4.79 Å². The van der Waals surface area contributed by atoms with Gasteiger partial charge < -0.3 is 14.5 Å². The molecule has 0 N–H and O–H groups in total. The van der Waals surface area contributed by atoms with E-state index < -0.39 is 5.60 Å². The largest absolute Gasteiger partial charge is 0.444 e. The fourth-order valence-electron chi connectivity index (χ4n) is 2.94. The summed E-state index contributed by atoms with van der Waals surface area (Å²) in [6, 6.07) is 7.33. The maximum absolute atomic E-state index is 13.0. The smallest absolute Gasteiger partial charge is 0.410 e. The van der Waals surface area contributed by atoms with Crippen LogP contribution in [-0.2, 0) is 4.74 Å². The maximum atomic E-state index is 13.0. The molecule has 138 valence electrons. The SMILES string of the molecule is CC(C)(C)OC(=O)N1CCN(C(=O)c2ccnc3c(S)cccc23)CC1. The van der Waals surface area contributed by atoms with E-state index in [2.05, 4.69) is 17.6 Å². The zero-order valence-corrected chi connectivity index (χ0v) is 16.1. The van der Waals surface area contributed by atoms with Crippen LogP contribution >= 0.6 is 12.6 Å². The molecule has 1 aromatic carbocycles. The number of ether oxygens (including phenoxy) is 1. The zero-order valence-electron chi connectivity index (χ0n) is 15.2. The first-order valence-electron chi connectivity index (χ1n) is 8.60. The summed E-state index contributed by atoms with van der Waals surface area (Å²) >= 11 is 4.42. The lowest BCUT2D eigenvalue weighted by Gasteiger charge is -2.35. The average molecular weight is 373 g/mol. The van der Waals surface area contributed by atoms with Gasteiger partial charge in [0, 0.05) is 42.7 Å². The van der Waals surface area contributed by atoms with E-state index in [1.54, 1.807) is 22.1 Å². The standard InChI is InChI=1S/C19H23N3O3S/c1-19(2,3)25-18(24)22-11-9-21(10-12-22)17(23)14-7-8-20-16-13(14)5-4-6-15(16)26/h4-8,26H,9-12H2,1-3H3. The minimum absolute atomic E-state index is 0.0554. The van der Waals surface area contributed by atoms with Crippen LogP contribution in [0.15, 0.2) is 35.4 Å². The molecule has 2 heterocycles. The summed E-state index contributed by atoms with van der Waals surface area (Å²) in [4.78, 5) is 33.6. The van der Waals surface area contributed by atoms with Gasteiger partial charge in [0.25, 0.3) is 5.91 Å². The highest BCUT2D eigenvalue weighted by Gasteiger charge is 2.28. The van der Waals surface area contributed by atoms with E-state index >= 15 is 0 Å². The van der Waals surface area contributed by atoms with Gasteiger partial charge in [0.05, 0.1) is 11.1 Å². The van der Waals surface area contributed by atoms with E-state index in [4.69, 9.17) is 4.74 Å². The Morgan fingerprint density at radius 3 is 2.38 bits per heavy atom. The molecule has 26 heavy (non-hydrogen) atoms. The van der Waals surface area contributed by atoms with Crippen molar-refractivity contribution >= 4 is 35.5 Å². The lowest BCUT2D eigenvalue weighted by atomic mass is 10.1. The highest BCUT2D eigenvalue weighted by molar-refractivity contribution is 7.80. The molecule has 0 atom stereocenters. The maximum Gasteiger partial charge on any atom is 0.410 e. The van der Waals surface area contributed by atoms with Crippen molar-refractivity contribution in [1.29, 1.82) is 0 Å². The van der Waals surface area contributed by atoms with Crippen LogP contribution in [-0.4, -0.2) is 58.6 Å². The second-order valence-corrected chi connectivity index (χ2v) is 7.77. The zero-order chi connectivity index (χ0) is 18.9. The second-order valence-electron chi connectivity index (χ2n) is 7.29. The molecule has 7 heteroatoms. The van der Waals surface area contributed by atoms with Crippen molar-refractivity contribution in [1.82, 2.24) is 14.8 Å². The molecule has 0 saturated carbocycles. The van der Waals surface area contributed by atoms with Crippen molar-refractivity contribution in [2.75, 3.05) is 26.2 Å². The van der Waals surface area contributed by atoms with Gasteiger partial charge in [-0.2, -0.15) is 0 Å². The molecule has 0 spiro atoms. The second kappa shape index (κ2) is 7.15. The number of rotatable bonds is 1. The van der Waals surface area contributed by atoms with E-state index in [0.29, 0.717) is 37.3 Å². The Labute approximate surface area is 158 Å². The normalized spacial score (nSPS) is 15.2. The Morgan fingerprint density at radius 1 is 1.08 bits per heavy atom. The van der Waals surface area contributed by atoms with Gasteiger partial charge >= 0.3 is 6.09 Å². The molecule has 1 aromatic heterocycles. The quantitative estimate of drug-likeness (QED) is 0.780. The molecule has 1 aliphatic rings. The predicted octanol–water partition coefficient (Wildman–Crippen LogP) is 3.22. The van der Waals surface area contributed by atoms with E-state index in [1.807, 2.05) is 39.0 Å². The van der Waals surface area contributed by atoms with E-state index in [-0.39, 0.29) is 12.0 Å². The van der Waals surface area contributed by atoms with Crippen LogP contribution in [0.5, 0.6) is 0 Å². The molecule has 0 radical (unpaired) electrons. The van der Waals surface area contributed by atoms with Crippen LogP contribution in [0, 0.1) is 0 Å². The Bertz CT molecular complexity index is 840. The molecule has 3 rings (SSSR count). The number of amides is 2. The molecule has 2 amide bonds. The minimum atomic E-state index is -0.523. The summed E-state index contributed by atoms with van der Waals surface area (Å²) < 4.78 is 5.40. The monoisotopic (exact) mass is 373 g/mol. The van der Waals surface area contributed by atoms with Crippen LogP contribution in [0.3, 0.4) is 0 Å². The molecule has 1 aliphatic heterocycles. The van der Waals surface area contributed by atoms with Gasteiger partial charge in [0.2, 0.25) is 0 Å². The third-order valence-electron chi connectivity index (χ3n) is 4.20. The van der Waals surface area contributed by atoms with Crippen molar-refractivity contribution in [3.63, 3.8) is 0 Å². The molecule has 2 aromatic rings. The number of pyridine rings is 1. The first-order valence-corrected chi connectivity index (χ1v) is 9.05. The number of carbonyl (C=O) groups is 2. The van der Waals surface area contributed by atoms with Gasteiger partial charge in [-0.25, -0.2) is 4.79 Å². The third-order valence-corrected chi connectivity index (χ3v) is 4.56. The van der Waals surface area contributed by atoms with Crippen LogP contribution in [0.1, 0.15) is 31.1 Å². The van der Waals surface area contributed by atoms with Crippen LogP contribution in [0.25, 0.3) is 10.9 Å². The van der Waals surface area contributed by atoms with Gasteiger partial charge in [0.1, 0.15) is 5.60 Å². The summed E-state index contributed by atoms with van der Waals surface area (Å²) in [7, 11) is 0. The Balaban J connectivity index is 1.72. The Hall–Kier alpha value is -2.28. The number of piperazine rings is 1. The fourth-order valence-corrected chi connectivity index (χ4v) is 3.20. The molecule has 1 saturated heterocycles. The molecule has 0 bridgehead atoms. The number of fused-ring (bicyclic) bond motifs is 1. The van der Waals surface area contributed by atoms with Gasteiger partial charge in [-0.15, -0.1) is 12.6 Å². The van der Waals surface area contributed by atoms with Crippen molar-refractivity contribution < 1.29 is 14.3 Å². The van der Waals surface area contributed by atoms with Crippen LogP contribution < -0.4 is 0 Å². The summed E-state index contributed by atoms with van der Waals surface area (Å²) in [5.74, 6) is -0.0554. The van der Waals surface area contributed by atoms with Gasteiger partial charge in [0.15, 0.2) is 0 Å². The molecule has 6 nitrogen and oxygen atoms in total. The molecular weight excluding hydrogens is 350 g/mol. The van der Waals surface area contributed by atoms with E-state index in [1.165, 1.54) is 0 Å². The number of thiol groups is 1. The molecular formula is C19H23N3O3S. The summed E-state index contributed by atoms with van der Waals surface area (Å²) in [5.41, 5.74) is 0.801. The molecule has 1 fully saturated rings. The van der Waals surface area contributed by atoms with Gasteiger partial charge in [-0.3, -0.25) is 9.78 Å². The lowest BCUT2D eigenvalue weighted by Crippen LogP contribution is -2.51. The highest BCUT2D eigenvalue weighted by atomic mass is 32.1. The van der Waals surface area contributed by atoms with Gasteiger partial charge in [-0.05, 0) is 32.9 Å². The number of hydrogen-bond donors (Lipinski definition) is 1. The number of benzene rings is 1. The average Bonchev–Trinajstić information content (AvgIpc) is 2.60. The number of carbonyl (C=O) groups excluding carboxylic acids is 2. The summed E-state index contributed by atoms with van der Waals surface area (Å²) in [6.07, 6.45) is 1.30. The minimum Gasteiger partial charge on any atom is -0.444 e. The predicted molar refractivity (Wildman–Crippen MR) is 103 cm³/mol. The topological polar surface area (TPSA) is 62.7 Å². The first-order chi connectivity index (χ1) is 12.3. The Kier molecular flexibility index (Phi) is 5.09. The van der Waals surface area contributed by atoms with Crippen LogP contribution in [0.2, 0.25) is 0 Å². The number of aromatic nitrogens is 1. The van der Waals surface area contributed by atoms with Crippen molar-refractivity contribution in [3.05, 3.63) is 36.0 Å². The van der Waals surface area contributed by atoms with Crippen molar-refractivity contribution in [3.8, 4) is 0 Å². The first kappa shape index (κ1) is 18.5. The highest BCUT2D eigenvalue weighted by Crippen LogP contribution is 2.24. The van der Waals surface area contributed by atoms with E-state index in [9.17, 15) is 9.59 Å². The Morgan fingerprint density at radius 2 is 1.73 bits per heavy atom. The van der Waals surface area contributed by atoms with Crippen molar-refractivity contribution in [2.45, 2.75) is 31.3 Å². The molecule has 0 unspecified atom stereocenters. The number of para-hydroxylation sites is 1. The third kappa shape index (κ3) is 3.93. The van der Waals surface area contributed by atoms with Crippen molar-refractivity contribution in [2.24, 2.45) is 0 Å². The summed E-state index contributed by atoms with van der Waals surface area (Å²) in [6.45, 7) is 7.40. The molecule has 0 aliphatic carbocycles. The van der Waals surface area contributed by atoms with Gasteiger partial charge in [-0.1, -0.05) is 12.1 Å². The summed E-state index contributed by atoms with van der Waals surface area (Å²) in [5, 5.41) is 0.791. The van der Waals surface area contributed by atoms with E-state index in [0.717, 1.165) is 10.3 Å². The number of nitrogens with zero attached hydrogens (tertiary/aromatic N) is 3.